The van der Waals surface area contributed by atoms with Gasteiger partial charge in [-0.3, -0.25) is 4.79 Å². The Morgan fingerprint density at radius 2 is 1.90 bits per heavy atom. The number of nitrogens with one attached hydrogen (secondary N) is 2. The molecule has 0 bridgehead atoms. The van der Waals surface area contributed by atoms with Crippen LogP contribution in [0.1, 0.15) is 30.2 Å². The largest absolute Gasteiger partial charge is 0.426 e. The zero-order chi connectivity index (χ0) is 21.5. The summed E-state index contributed by atoms with van der Waals surface area (Å²) < 4.78 is 46.8. The molecule has 0 saturated heterocycles. The van der Waals surface area contributed by atoms with Gasteiger partial charge >= 0.3 is 0 Å². The van der Waals surface area contributed by atoms with E-state index in [9.17, 15) is 18.0 Å². The fraction of sp³-hybridized carbons (Fsp3) is 0.227. The van der Waals surface area contributed by atoms with Crippen molar-refractivity contribution in [3.05, 3.63) is 71.7 Å². The van der Waals surface area contributed by atoms with Gasteiger partial charge in [-0.15, -0.1) is 10.2 Å². The smallest absolute Gasteiger partial charge is 0.235 e. The molecule has 31 heavy (non-hydrogen) atoms. The zero-order valence-electron chi connectivity index (χ0n) is 16.2. The molecule has 2 heterocycles. The summed E-state index contributed by atoms with van der Waals surface area (Å²) in [6, 6.07) is 7.92. The first kappa shape index (κ1) is 19.3. The molecular formula is C22H17F3N4O2. The van der Waals surface area contributed by atoms with Gasteiger partial charge in [0, 0.05) is 17.4 Å². The molecule has 1 saturated carbocycles. The van der Waals surface area contributed by atoms with Crippen LogP contribution in [0.25, 0.3) is 22.2 Å². The van der Waals surface area contributed by atoms with E-state index < -0.39 is 11.6 Å². The number of rotatable bonds is 5. The van der Waals surface area contributed by atoms with E-state index >= 15 is 0 Å². The molecule has 0 atom stereocenters. The van der Waals surface area contributed by atoms with Crippen molar-refractivity contribution < 1.29 is 22.4 Å². The predicted molar refractivity (Wildman–Crippen MR) is 105 cm³/mol. The quantitative estimate of drug-likeness (QED) is 0.494. The number of aromatic amines is 1. The van der Waals surface area contributed by atoms with Crippen LogP contribution in [0.4, 0.5) is 13.2 Å². The van der Waals surface area contributed by atoms with E-state index in [1.165, 1.54) is 24.6 Å². The second-order valence-electron chi connectivity index (χ2n) is 7.65. The minimum absolute atomic E-state index is 0.0749. The van der Waals surface area contributed by atoms with Crippen LogP contribution in [-0.4, -0.2) is 21.1 Å². The first-order chi connectivity index (χ1) is 15.0. The Morgan fingerprint density at radius 3 is 2.61 bits per heavy atom. The fourth-order valence-electron chi connectivity index (χ4n) is 4.16. The van der Waals surface area contributed by atoms with Crippen LogP contribution in [0.5, 0.6) is 0 Å². The maximum atomic E-state index is 14.4. The molecule has 0 spiro atoms. The van der Waals surface area contributed by atoms with Gasteiger partial charge in [-0.2, -0.15) is 0 Å². The Morgan fingerprint density at radius 1 is 1.13 bits per heavy atom. The van der Waals surface area contributed by atoms with Gasteiger partial charge in [-0.05, 0) is 60.2 Å². The standard InChI is InChI=1S/C22H17F3N4O2/c23-14-3-1-11(2-4-14)20-19(16-7-15(24)8-17(25)21(16)28-20)12-5-13(6-12)22(30)26-9-18-29-27-10-31-18/h1-4,7-8,10,12-13,28H,5-6,9H2,(H,26,30)/t12-,13-. The summed E-state index contributed by atoms with van der Waals surface area (Å²) in [6.45, 7) is 0.143. The first-order valence-corrected chi connectivity index (χ1v) is 9.79. The van der Waals surface area contributed by atoms with Crippen molar-refractivity contribution in [2.75, 3.05) is 0 Å². The average molecular weight is 426 g/mol. The van der Waals surface area contributed by atoms with Crippen LogP contribution >= 0.6 is 0 Å². The molecule has 0 aliphatic heterocycles. The second-order valence-corrected chi connectivity index (χ2v) is 7.65. The van der Waals surface area contributed by atoms with E-state index in [0.29, 0.717) is 35.4 Å². The lowest BCUT2D eigenvalue weighted by molar-refractivity contribution is -0.128. The molecule has 4 aromatic rings. The van der Waals surface area contributed by atoms with Crippen molar-refractivity contribution in [2.45, 2.75) is 25.3 Å². The zero-order valence-corrected chi connectivity index (χ0v) is 16.2. The second kappa shape index (κ2) is 7.57. The molecule has 158 valence electrons. The lowest BCUT2D eigenvalue weighted by atomic mass is 9.70. The maximum Gasteiger partial charge on any atom is 0.235 e. The summed E-state index contributed by atoms with van der Waals surface area (Å²) in [4.78, 5) is 15.5. The average Bonchev–Trinajstić information content (AvgIpc) is 3.35. The van der Waals surface area contributed by atoms with Gasteiger partial charge in [0.25, 0.3) is 0 Å². The third-order valence-electron chi connectivity index (χ3n) is 5.73. The number of benzene rings is 2. The van der Waals surface area contributed by atoms with Gasteiger partial charge in [0.2, 0.25) is 18.2 Å². The minimum Gasteiger partial charge on any atom is -0.426 e. The molecule has 1 aliphatic carbocycles. The van der Waals surface area contributed by atoms with Gasteiger partial charge in [-0.25, -0.2) is 13.2 Å². The Hall–Kier alpha value is -3.62. The minimum atomic E-state index is -0.696. The van der Waals surface area contributed by atoms with E-state index in [0.717, 1.165) is 11.6 Å². The van der Waals surface area contributed by atoms with Crippen molar-refractivity contribution in [3.63, 3.8) is 0 Å². The van der Waals surface area contributed by atoms with Gasteiger partial charge in [-0.1, -0.05) is 0 Å². The Balaban J connectivity index is 1.43. The summed E-state index contributed by atoms with van der Waals surface area (Å²) in [5.41, 5.74) is 2.20. The maximum absolute atomic E-state index is 14.4. The Kier molecular flexibility index (Phi) is 4.72. The number of H-pyrrole nitrogens is 1. The van der Waals surface area contributed by atoms with Crippen LogP contribution in [0, 0.1) is 23.4 Å². The lowest BCUT2D eigenvalue weighted by Gasteiger charge is -2.35. The number of hydrogen-bond donors (Lipinski definition) is 2. The van der Waals surface area contributed by atoms with Crippen LogP contribution in [0.15, 0.2) is 47.2 Å². The van der Waals surface area contributed by atoms with E-state index in [4.69, 9.17) is 4.42 Å². The molecule has 0 radical (unpaired) electrons. The van der Waals surface area contributed by atoms with Gasteiger partial charge in [0.05, 0.1) is 17.8 Å². The predicted octanol–water partition coefficient (Wildman–Crippen LogP) is 4.45. The van der Waals surface area contributed by atoms with Crippen LogP contribution in [0.2, 0.25) is 0 Å². The highest BCUT2D eigenvalue weighted by Crippen LogP contribution is 2.48. The van der Waals surface area contributed by atoms with Crippen molar-refractivity contribution >= 4 is 16.8 Å². The molecule has 1 fully saturated rings. The number of carbonyl (C=O) groups is 1. The fourth-order valence-corrected chi connectivity index (χ4v) is 4.16. The SMILES string of the molecule is O=C(NCc1nnco1)[C@H]1C[C@H](c2c(-c3ccc(F)cc3)[nH]c3c(F)cc(F)cc32)C1. The highest BCUT2D eigenvalue weighted by atomic mass is 19.1. The van der Waals surface area contributed by atoms with E-state index in [1.807, 2.05) is 0 Å². The van der Waals surface area contributed by atoms with Gasteiger partial charge in [0.1, 0.15) is 17.5 Å². The summed E-state index contributed by atoms with van der Waals surface area (Å²) in [5, 5.41) is 10.5. The monoisotopic (exact) mass is 426 g/mol. The first-order valence-electron chi connectivity index (χ1n) is 9.79. The topological polar surface area (TPSA) is 83.8 Å². The number of amides is 1. The highest BCUT2D eigenvalue weighted by Gasteiger charge is 2.38. The molecule has 9 heteroatoms. The van der Waals surface area contributed by atoms with Gasteiger partial charge < -0.3 is 14.7 Å². The summed E-state index contributed by atoms with van der Waals surface area (Å²) >= 11 is 0. The molecular weight excluding hydrogens is 409 g/mol. The van der Waals surface area contributed by atoms with Crippen LogP contribution < -0.4 is 5.32 Å². The van der Waals surface area contributed by atoms with Crippen molar-refractivity contribution in [1.82, 2.24) is 20.5 Å². The highest BCUT2D eigenvalue weighted by molar-refractivity contribution is 5.92. The van der Waals surface area contributed by atoms with Crippen molar-refractivity contribution in [1.29, 1.82) is 0 Å². The Bertz CT molecular complexity index is 1250. The molecule has 1 amide bonds. The lowest BCUT2D eigenvalue weighted by Crippen LogP contribution is -2.37. The number of halogens is 3. The molecule has 6 nitrogen and oxygen atoms in total. The third-order valence-corrected chi connectivity index (χ3v) is 5.73. The molecule has 2 N–H and O–H groups in total. The summed E-state index contributed by atoms with van der Waals surface area (Å²) in [7, 11) is 0. The number of carbonyl (C=O) groups excluding carboxylic acids is 1. The number of nitrogens with zero attached hydrogens (tertiary/aromatic N) is 2. The molecule has 1 aliphatic rings. The molecule has 5 rings (SSSR count). The van der Waals surface area contributed by atoms with Crippen LogP contribution in [-0.2, 0) is 11.3 Å². The molecule has 2 aromatic carbocycles. The molecule has 0 unspecified atom stereocenters. The normalized spacial score (nSPS) is 18.2. The summed E-state index contributed by atoms with van der Waals surface area (Å²) in [6.07, 6.45) is 2.23. The third kappa shape index (κ3) is 3.56. The molecule has 2 aromatic heterocycles. The van der Waals surface area contributed by atoms with Crippen molar-refractivity contribution in [2.24, 2.45) is 5.92 Å². The number of hydrogen-bond acceptors (Lipinski definition) is 4. The van der Waals surface area contributed by atoms with Gasteiger partial charge in [0.15, 0.2) is 0 Å². The number of fused-ring (bicyclic) bond motifs is 1. The summed E-state index contributed by atoms with van der Waals surface area (Å²) in [5.74, 6) is -1.91. The van der Waals surface area contributed by atoms with E-state index in [2.05, 4.69) is 20.5 Å². The van der Waals surface area contributed by atoms with Crippen LogP contribution in [0.3, 0.4) is 0 Å². The van der Waals surface area contributed by atoms with E-state index in [1.54, 1.807) is 12.1 Å². The van der Waals surface area contributed by atoms with Crippen molar-refractivity contribution in [3.8, 4) is 11.3 Å². The van der Waals surface area contributed by atoms with E-state index in [-0.39, 0.29) is 35.6 Å². The number of aromatic nitrogens is 3. The Labute approximate surface area is 174 Å².